The summed E-state index contributed by atoms with van der Waals surface area (Å²) in [6.07, 6.45) is 1.00. The van der Waals surface area contributed by atoms with E-state index in [0.29, 0.717) is 5.56 Å². The molecule has 5 heteroatoms. The van der Waals surface area contributed by atoms with Crippen molar-refractivity contribution < 1.29 is 13.2 Å². The number of ketones is 1. The number of hydrogen-bond donors (Lipinski definition) is 0. The molecule has 0 spiro atoms. The number of sulfone groups is 1. The summed E-state index contributed by atoms with van der Waals surface area (Å²) in [5, 5.41) is 7.93. The van der Waals surface area contributed by atoms with Gasteiger partial charge in [0, 0.05) is 6.26 Å². The number of carbonyl (C=O) groups is 1. The summed E-state index contributed by atoms with van der Waals surface area (Å²) in [4.78, 5) is 12.0. The number of carbonyl (C=O) groups excluding carboxylic acids is 1. The normalized spacial score (nSPS) is 14.6. The molecule has 0 aliphatic heterocycles. The second-order valence-corrected chi connectivity index (χ2v) is 6.72. The van der Waals surface area contributed by atoms with E-state index in [1.54, 1.807) is 18.2 Å². The Balaban J connectivity index is 3.14. The van der Waals surface area contributed by atoms with Crippen LogP contribution in [0.2, 0.25) is 0 Å². The van der Waals surface area contributed by atoms with Gasteiger partial charge in [0.25, 0.3) is 0 Å². The van der Waals surface area contributed by atoms with Gasteiger partial charge in [-0.2, -0.15) is 5.26 Å². The highest BCUT2D eigenvalue weighted by molar-refractivity contribution is 7.92. The minimum absolute atomic E-state index is 0.540. The molecule has 4 nitrogen and oxygen atoms in total. The first kappa shape index (κ1) is 14.4. The third-order valence-corrected chi connectivity index (χ3v) is 4.35. The van der Waals surface area contributed by atoms with Crippen LogP contribution < -0.4 is 0 Å². The third-order valence-electron chi connectivity index (χ3n) is 2.83. The maximum atomic E-state index is 12.0. The summed E-state index contributed by atoms with van der Waals surface area (Å²) in [6, 6.07) is 8.86. The minimum atomic E-state index is -3.48. The van der Waals surface area contributed by atoms with Crippen LogP contribution in [0.1, 0.15) is 24.0 Å². The van der Waals surface area contributed by atoms with Crippen LogP contribution in [0, 0.1) is 18.3 Å². The van der Waals surface area contributed by atoms with Crippen LogP contribution in [0.4, 0.5) is 0 Å². The molecule has 0 N–H and O–H groups in total. The van der Waals surface area contributed by atoms with Gasteiger partial charge in [-0.25, -0.2) is 8.42 Å². The molecule has 0 amide bonds. The summed E-state index contributed by atoms with van der Waals surface area (Å²) >= 11 is 0. The average molecular weight is 265 g/mol. The predicted molar refractivity (Wildman–Crippen MR) is 68.8 cm³/mol. The first-order chi connectivity index (χ1) is 8.27. The molecule has 0 aromatic heterocycles. The topological polar surface area (TPSA) is 75.0 Å². The third kappa shape index (κ3) is 3.17. The number of aryl methyl sites for hydroxylation is 1. The fraction of sp³-hybridized carbons (Fsp3) is 0.385. The van der Waals surface area contributed by atoms with Crippen molar-refractivity contribution in [3.05, 3.63) is 35.4 Å². The highest BCUT2D eigenvalue weighted by Gasteiger charge is 2.31. The molecule has 1 aromatic carbocycles. The predicted octanol–water partition coefficient (Wildman–Crippen LogP) is 1.60. The van der Waals surface area contributed by atoms with Gasteiger partial charge in [0.1, 0.15) is 11.2 Å². The molecule has 0 bridgehead atoms. The van der Waals surface area contributed by atoms with Crippen molar-refractivity contribution in [2.24, 2.45) is 0 Å². The van der Waals surface area contributed by atoms with E-state index in [1.165, 1.54) is 6.92 Å². The molecule has 0 fully saturated rings. The number of nitrogens with zero attached hydrogens (tertiary/aromatic N) is 1. The van der Waals surface area contributed by atoms with Gasteiger partial charge in [-0.3, -0.25) is 4.79 Å². The van der Waals surface area contributed by atoms with Crippen LogP contribution in [0.3, 0.4) is 0 Å². The van der Waals surface area contributed by atoms with E-state index >= 15 is 0 Å². The second kappa shape index (κ2) is 5.32. The maximum absolute atomic E-state index is 12.0. The number of Topliss-reactive ketones (excluding diaryl/α,β-unsaturated/α-hetero) is 1. The average Bonchev–Trinajstić information content (AvgIpc) is 2.27. The maximum Gasteiger partial charge on any atom is 0.172 e. The molecule has 0 heterocycles. The van der Waals surface area contributed by atoms with Crippen molar-refractivity contribution in [1.29, 1.82) is 5.26 Å². The van der Waals surface area contributed by atoms with E-state index in [2.05, 4.69) is 0 Å². The zero-order valence-electron chi connectivity index (χ0n) is 10.5. The molecule has 0 aliphatic rings. The molecule has 0 radical (unpaired) electrons. The molecule has 0 saturated carbocycles. The van der Waals surface area contributed by atoms with Crippen LogP contribution in [-0.4, -0.2) is 25.7 Å². The first-order valence-electron chi connectivity index (χ1n) is 5.46. The van der Waals surface area contributed by atoms with Crippen molar-refractivity contribution >= 4 is 15.6 Å². The second-order valence-electron chi connectivity index (χ2n) is 4.35. The molecule has 18 heavy (non-hydrogen) atoms. The minimum Gasteiger partial charge on any atom is -0.296 e. The lowest BCUT2D eigenvalue weighted by Gasteiger charge is -2.13. The standard InChI is InChI=1S/C13H15NO3S/c1-9-5-4-6-11(7-9)12(8-14)13(15)10(2)18(3,16)17/h4-7,10,12H,1-3H3. The number of rotatable bonds is 4. The highest BCUT2D eigenvalue weighted by atomic mass is 32.2. The summed E-state index contributed by atoms with van der Waals surface area (Å²) in [5.74, 6) is -1.61. The lowest BCUT2D eigenvalue weighted by molar-refractivity contribution is -0.118. The Kier molecular flexibility index (Phi) is 4.25. The van der Waals surface area contributed by atoms with Crippen LogP contribution in [0.5, 0.6) is 0 Å². The highest BCUT2D eigenvalue weighted by Crippen LogP contribution is 2.20. The molecular weight excluding hydrogens is 250 g/mol. The van der Waals surface area contributed by atoms with Gasteiger partial charge in [0.2, 0.25) is 0 Å². The van der Waals surface area contributed by atoms with E-state index in [1.807, 2.05) is 19.1 Å². The van der Waals surface area contributed by atoms with Gasteiger partial charge in [-0.15, -0.1) is 0 Å². The van der Waals surface area contributed by atoms with Gasteiger partial charge in [-0.1, -0.05) is 29.8 Å². The Morgan fingerprint density at radius 2 is 2.00 bits per heavy atom. The Morgan fingerprint density at radius 1 is 1.39 bits per heavy atom. The van der Waals surface area contributed by atoms with Crippen molar-refractivity contribution in [3.63, 3.8) is 0 Å². The van der Waals surface area contributed by atoms with Gasteiger partial charge in [0.15, 0.2) is 15.6 Å². The summed E-state index contributed by atoms with van der Waals surface area (Å²) in [7, 11) is -3.48. The molecule has 0 aliphatic carbocycles. The van der Waals surface area contributed by atoms with Crippen molar-refractivity contribution in [1.82, 2.24) is 0 Å². The summed E-state index contributed by atoms with van der Waals surface area (Å²) in [5.41, 5.74) is 1.46. The molecule has 96 valence electrons. The van der Waals surface area contributed by atoms with Crippen molar-refractivity contribution in [3.8, 4) is 6.07 Å². The van der Waals surface area contributed by atoms with Gasteiger partial charge < -0.3 is 0 Å². The van der Waals surface area contributed by atoms with Gasteiger partial charge in [0.05, 0.1) is 6.07 Å². The number of nitriles is 1. The van der Waals surface area contributed by atoms with Gasteiger partial charge in [-0.05, 0) is 19.4 Å². The van der Waals surface area contributed by atoms with Crippen molar-refractivity contribution in [2.45, 2.75) is 25.0 Å². The fourth-order valence-electron chi connectivity index (χ4n) is 1.60. The SMILES string of the molecule is Cc1cccc(C(C#N)C(=O)C(C)S(C)(=O)=O)c1. The van der Waals surface area contributed by atoms with Crippen LogP contribution >= 0.6 is 0 Å². The largest absolute Gasteiger partial charge is 0.296 e. The molecular formula is C13H15NO3S. The van der Waals surface area contributed by atoms with E-state index in [0.717, 1.165) is 11.8 Å². The summed E-state index contributed by atoms with van der Waals surface area (Å²) in [6.45, 7) is 3.17. The summed E-state index contributed by atoms with van der Waals surface area (Å²) < 4.78 is 22.7. The van der Waals surface area contributed by atoms with Crippen LogP contribution in [0.15, 0.2) is 24.3 Å². The smallest absolute Gasteiger partial charge is 0.172 e. The lowest BCUT2D eigenvalue weighted by Crippen LogP contribution is -2.30. The molecule has 2 unspecified atom stereocenters. The number of benzene rings is 1. The molecule has 0 saturated heterocycles. The van der Waals surface area contributed by atoms with E-state index < -0.39 is 26.8 Å². The number of hydrogen-bond acceptors (Lipinski definition) is 4. The monoisotopic (exact) mass is 265 g/mol. The zero-order valence-corrected chi connectivity index (χ0v) is 11.4. The fourth-order valence-corrected chi connectivity index (χ4v) is 2.16. The van der Waals surface area contributed by atoms with Crippen LogP contribution in [0.25, 0.3) is 0 Å². The van der Waals surface area contributed by atoms with E-state index in [9.17, 15) is 13.2 Å². The zero-order chi connectivity index (χ0) is 13.9. The van der Waals surface area contributed by atoms with E-state index in [-0.39, 0.29) is 0 Å². The Hall–Kier alpha value is -1.67. The van der Waals surface area contributed by atoms with Gasteiger partial charge >= 0.3 is 0 Å². The first-order valence-corrected chi connectivity index (χ1v) is 7.41. The molecule has 1 aromatic rings. The van der Waals surface area contributed by atoms with Crippen LogP contribution in [-0.2, 0) is 14.6 Å². The molecule has 1 rings (SSSR count). The Bertz CT molecular complexity index is 599. The Morgan fingerprint density at radius 3 is 2.44 bits per heavy atom. The lowest BCUT2D eigenvalue weighted by atomic mass is 9.93. The quantitative estimate of drug-likeness (QED) is 0.828. The molecule has 2 atom stereocenters. The Labute approximate surface area is 107 Å². The van der Waals surface area contributed by atoms with Crippen molar-refractivity contribution in [2.75, 3.05) is 6.26 Å². The van der Waals surface area contributed by atoms with E-state index in [4.69, 9.17) is 5.26 Å².